The summed E-state index contributed by atoms with van der Waals surface area (Å²) < 4.78 is 17.6. The minimum absolute atomic E-state index is 0. The van der Waals surface area contributed by atoms with E-state index in [1.807, 2.05) is 54.6 Å². The van der Waals surface area contributed by atoms with Gasteiger partial charge in [-0.05, 0) is 73.5 Å². The lowest BCUT2D eigenvalue weighted by Gasteiger charge is -2.09. The summed E-state index contributed by atoms with van der Waals surface area (Å²) in [6.07, 6.45) is 1.71. The number of amidine groups is 2. The van der Waals surface area contributed by atoms with Gasteiger partial charge < -0.3 is 25.4 Å². The van der Waals surface area contributed by atoms with Gasteiger partial charge in [0.15, 0.2) is 0 Å². The van der Waals surface area contributed by atoms with Gasteiger partial charge >= 0.3 is 0 Å². The van der Waals surface area contributed by atoms with E-state index in [-0.39, 0.29) is 36.5 Å². The fraction of sp³-hybridized carbons (Fsp3) is 0.154. The molecule has 0 saturated carbocycles. The molecule has 0 radical (unpaired) electrons. The Morgan fingerprint density at radius 3 is 2.00 bits per heavy atom. The minimum atomic E-state index is 0. The molecule has 1 aromatic heterocycles. The van der Waals surface area contributed by atoms with Gasteiger partial charge in [-0.15, -0.1) is 24.8 Å². The van der Waals surface area contributed by atoms with Crippen LogP contribution in [0, 0.1) is 10.8 Å². The summed E-state index contributed by atoms with van der Waals surface area (Å²) in [5.74, 6) is 2.35. The number of hydrogen-bond acceptors (Lipinski definition) is 5. The molecule has 0 fully saturated rings. The molecule has 6 N–H and O–H groups in total. The van der Waals surface area contributed by atoms with Gasteiger partial charge in [-0.25, -0.2) is 0 Å². The van der Waals surface area contributed by atoms with Gasteiger partial charge in [0.05, 0.1) is 13.2 Å². The van der Waals surface area contributed by atoms with Gasteiger partial charge in [0.25, 0.3) is 0 Å². The van der Waals surface area contributed by atoms with Gasteiger partial charge in [-0.3, -0.25) is 10.8 Å². The first-order chi connectivity index (χ1) is 16.0. The van der Waals surface area contributed by atoms with Crippen LogP contribution < -0.4 is 20.9 Å². The van der Waals surface area contributed by atoms with E-state index in [4.69, 9.17) is 36.2 Å². The number of ether oxygens (including phenoxy) is 2. The number of nitrogen functional groups attached to an aromatic ring is 2. The van der Waals surface area contributed by atoms with Crippen LogP contribution in [-0.2, 0) is 0 Å². The number of benzene rings is 3. The molecule has 9 heteroatoms. The van der Waals surface area contributed by atoms with Crippen molar-refractivity contribution in [3.8, 4) is 22.8 Å². The van der Waals surface area contributed by atoms with Crippen LogP contribution in [0.25, 0.3) is 22.3 Å². The minimum Gasteiger partial charge on any atom is -0.494 e. The molecule has 7 nitrogen and oxygen atoms in total. The largest absolute Gasteiger partial charge is 0.494 e. The van der Waals surface area contributed by atoms with Crippen molar-refractivity contribution in [2.24, 2.45) is 11.5 Å². The molecule has 3 aromatic carbocycles. The van der Waals surface area contributed by atoms with Gasteiger partial charge in [0.1, 0.15) is 34.5 Å². The quantitative estimate of drug-likeness (QED) is 0.121. The SMILES string of the molecule is Cl.Cl.N=C(N)c1ccc(OCCCCOc2cccc(-c3cc4cc(C(=N)N)ccc4o3)c2)cc1. The van der Waals surface area contributed by atoms with Crippen LogP contribution in [-0.4, -0.2) is 24.9 Å². The normalized spacial score (nSPS) is 10.2. The number of fused-ring (bicyclic) bond motifs is 1. The summed E-state index contributed by atoms with van der Waals surface area (Å²) in [6, 6.07) is 22.4. The van der Waals surface area contributed by atoms with Crippen LogP contribution >= 0.6 is 24.8 Å². The number of rotatable bonds is 10. The fourth-order valence-corrected chi connectivity index (χ4v) is 3.41. The summed E-state index contributed by atoms with van der Waals surface area (Å²) in [5, 5.41) is 15.9. The topological polar surface area (TPSA) is 131 Å². The molecule has 35 heavy (non-hydrogen) atoms. The van der Waals surface area contributed by atoms with E-state index < -0.39 is 0 Å². The zero-order valence-electron chi connectivity index (χ0n) is 19.0. The summed E-state index contributed by atoms with van der Waals surface area (Å²) >= 11 is 0. The zero-order valence-corrected chi connectivity index (χ0v) is 20.6. The van der Waals surface area contributed by atoms with E-state index in [0.29, 0.717) is 24.3 Å². The first kappa shape index (κ1) is 27.6. The predicted octanol–water partition coefficient (Wildman–Crippen LogP) is 5.75. The van der Waals surface area contributed by atoms with E-state index in [2.05, 4.69) is 0 Å². The maximum atomic E-state index is 7.59. The van der Waals surface area contributed by atoms with Crippen LogP contribution in [0.4, 0.5) is 0 Å². The van der Waals surface area contributed by atoms with Crippen LogP contribution in [0.3, 0.4) is 0 Å². The van der Waals surface area contributed by atoms with E-state index in [1.165, 1.54) is 0 Å². The zero-order chi connectivity index (χ0) is 23.2. The van der Waals surface area contributed by atoms with Gasteiger partial charge in [0.2, 0.25) is 0 Å². The molecule has 0 atom stereocenters. The second kappa shape index (κ2) is 12.7. The molecule has 184 valence electrons. The molecule has 0 unspecified atom stereocenters. The van der Waals surface area contributed by atoms with Crippen molar-refractivity contribution >= 4 is 47.5 Å². The summed E-state index contributed by atoms with van der Waals surface area (Å²) in [6.45, 7) is 1.17. The molecule has 4 rings (SSSR count). The average molecular weight is 515 g/mol. The number of halogens is 2. The van der Waals surface area contributed by atoms with Crippen molar-refractivity contribution in [3.05, 3.63) is 83.9 Å². The Kier molecular flexibility index (Phi) is 9.99. The lowest BCUT2D eigenvalue weighted by atomic mass is 10.1. The van der Waals surface area contributed by atoms with Crippen molar-refractivity contribution in [2.45, 2.75) is 12.8 Å². The Balaban J connectivity index is 0.00000216. The number of furan rings is 1. The first-order valence-corrected chi connectivity index (χ1v) is 10.7. The molecule has 0 spiro atoms. The van der Waals surface area contributed by atoms with Crippen LogP contribution in [0.5, 0.6) is 11.5 Å². The van der Waals surface area contributed by atoms with Gasteiger partial charge in [-0.2, -0.15) is 0 Å². The Labute approximate surface area is 216 Å². The summed E-state index contributed by atoms with van der Waals surface area (Å²) in [5.41, 5.74) is 14.1. The van der Waals surface area contributed by atoms with Crippen molar-refractivity contribution < 1.29 is 13.9 Å². The molecular formula is C26H28Cl2N4O3. The molecule has 4 aromatic rings. The Hall–Kier alpha value is -3.68. The van der Waals surface area contributed by atoms with Crippen LogP contribution in [0.15, 0.2) is 77.2 Å². The second-order valence-electron chi connectivity index (χ2n) is 7.65. The molecular weight excluding hydrogens is 487 g/mol. The maximum Gasteiger partial charge on any atom is 0.135 e. The third-order valence-electron chi connectivity index (χ3n) is 5.19. The molecule has 0 aliphatic heterocycles. The maximum absolute atomic E-state index is 7.59. The average Bonchev–Trinajstić information content (AvgIpc) is 3.25. The summed E-state index contributed by atoms with van der Waals surface area (Å²) in [7, 11) is 0. The lowest BCUT2D eigenvalue weighted by Crippen LogP contribution is -2.10. The van der Waals surface area contributed by atoms with Crippen molar-refractivity contribution in [3.63, 3.8) is 0 Å². The molecule has 0 aliphatic carbocycles. The molecule has 0 saturated heterocycles. The second-order valence-corrected chi connectivity index (χ2v) is 7.65. The number of nitrogens with one attached hydrogen (secondary N) is 2. The van der Waals surface area contributed by atoms with E-state index in [0.717, 1.165) is 46.6 Å². The highest BCUT2D eigenvalue weighted by molar-refractivity contribution is 5.99. The van der Waals surface area contributed by atoms with Crippen LogP contribution in [0.2, 0.25) is 0 Å². The van der Waals surface area contributed by atoms with Crippen LogP contribution in [0.1, 0.15) is 24.0 Å². The molecule has 1 heterocycles. The Morgan fingerprint density at radius 2 is 1.34 bits per heavy atom. The van der Waals surface area contributed by atoms with E-state index in [1.54, 1.807) is 18.2 Å². The first-order valence-electron chi connectivity index (χ1n) is 10.7. The van der Waals surface area contributed by atoms with Gasteiger partial charge in [-0.1, -0.05) is 12.1 Å². The fourth-order valence-electron chi connectivity index (χ4n) is 3.41. The Morgan fingerprint density at radius 1 is 0.714 bits per heavy atom. The lowest BCUT2D eigenvalue weighted by molar-refractivity contribution is 0.266. The Bertz CT molecular complexity index is 1290. The highest BCUT2D eigenvalue weighted by Crippen LogP contribution is 2.30. The van der Waals surface area contributed by atoms with Gasteiger partial charge in [0, 0.05) is 22.1 Å². The number of unbranched alkanes of at least 4 members (excludes halogenated alkanes) is 1. The highest BCUT2D eigenvalue weighted by atomic mass is 35.5. The number of hydrogen-bond donors (Lipinski definition) is 4. The highest BCUT2D eigenvalue weighted by Gasteiger charge is 2.09. The molecule has 0 amide bonds. The molecule has 0 bridgehead atoms. The number of nitrogens with two attached hydrogens (primary N) is 2. The standard InChI is InChI=1S/C26H26N4O3.2ClH/c27-25(28)17-6-9-21(10-7-17)31-12-1-2-13-32-22-5-3-4-18(15-22)24-16-20-14-19(26(29)30)8-11-23(20)33-24;;/h3-11,14-16H,1-2,12-13H2,(H3,27,28)(H3,29,30);2*1H. The van der Waals surface area contributed by atoms with E-state index in [9.17, 15) is 0 Å². The smallest absolute Gasteiger partial charge is 0.135 e. The molecule has 0 aliphatic rings. The van der Waals surface area contributed by atoms with Crippen molar-refractivity contribution in [2.75, 3.05) is 13.2 Å². The monoisotopic (exact) mass is 514 g/mol. The summed E-state index contributed by atoms with van der Waals surface area (Å²) in [4.78, 5) is 0. The third kappa shape index (κ3) is 7.15. The third-order valence-corrected chi connectivity index (χ3v) is 5.19. The van der Waals surface area contributed by atoms with E-state index >= 15 is 0 Å². The predicted molar refractivity (Wildman–Crippen MR) is 145 cm³/mol. The van der Waals surface area contributed by atoms with Crippen molar-refractivity contribution in [1.29, 1.82) is 10.8 Å². The van der Waals surface area contributed by atoms with Crippen molar-refractivity contribution in [1.82, 2.24) is 0 Å².